The van der Waals surface area contributed by atoms with Crippen LogP contribution in [0.2, 0.25) is 5.02 Å². The van der Waals surface area contributed by atoms with Gasteiger partial charge in [-0.25, -0.2) is 0 Å². The lowest BCUT2D eigenvalue weighted by atomic mass is 10.1. The van der Waals surface area contributed by atoms with Crippen molar-refractivity contribution >= 4 is 17.6 Å². The fraction of sp³-hybridized carbons (Fsp3) is 0.412. The van der Waals surface area contributed by atoms with Gasteiger partial charge < -0.3 is 4.74 Å². The zero-order chi connectivity index (χ0) is 15.9. The normalized spacial score (nSPS) is 17.0. The third-order valence-corrected chi connectivity index (χ3v) is 3.83. The minimum atomic E-state index is -0.563. The molecule has 0 saturated carbocycles. The Labute approximate surface area is 135 Å². The summed E-state index contributed by atoms with van der Waals surface area (Å²) in [5.74, 6) is -0.380. The van der Waals surface area contributed by atoms with Crippen molar-refractivity contribution in [2.24, 2.45) is 0 Å². The van der Waals surface area contributed by atoms with Crippen LogP contribution in [0.4, 0.5) is 0 Å². The summed E-state index contributed by atoms with van der Waals surface area (Å²) in [4.78, 5) is 13.6. The van der Waals surface area contributed by atoms with Gasteiger partial charge in [-0.3, -0.25) is 9.69 Å². The molecular weight excluding hydrogens is 300 g/mol. The van der Waals surface area contributed by atoms with E-state index in [2.05, 4.69) is 11.0 Å². The highest BCUT2D eigenvalue weighted by atomic mass is 35.5. The third kappa shape index (κ3) is 4.87. The number of halogens is 1. The van der Waals surface area contributed by atoms with Crippen LogP contribution in [0.25, 0.3) is 0 Å². The summed E-state index contributed by atoms with van der Waals surface area (Å²) in [6, 6.07) is 9.31. The molecule has 0 bridgehead atoms. The van der Waals surface area contributed by atoms with Gasteiger partial charge in [-0.1, -0.05) is 23.7 Å². The average Bonchev–Trinajstić information content (AvgIpc) is 2.99. The van der Waals surface area contributed by atoms with Gasteiger partial charge in [0.2, 0.25) is 0 Å². The van der Waals surface area contributed by atoms with Gasteiger partial charge in [0.05, 0.1) is 6.07 Å². The highest BCUT2D eigenvalue weighted by Gasteiger charge is 2.17. The molecule has 2 rings (SSSR count). The SMILES string of the molecule is CC(=O)OC(/C=C(\C#N)CN1CCCC1)c1ccc(Cl)cc1. The quantitative estimate of drug-likeness (QED) is 0.616. The van der Waals surface area contributed by atoms with Crippen LogP contribution in [0.3, 0.4) is 0 Å². The van der Waals surface area contributed by atoms with Crippen molar-refractivity contribution < 1.29 is 9.53 Å². The number of esters is 1. The van der Waals surface area contributed by atoms with Crippen molar-refractivity contribution in [1.82, 2.24) is 4.90 Å². The number of carbonyl (C=O) groups is 1. The molecule has 1 aromatic rings. The second-order valence-corrected chi connectivity index (χ2v) is 5.80. The van der Waals surface area contributed by atoms with E-state index in [4.69, 9.17) is 16.3 Å². The molecule has 1 atom stereocenters. The predicted octanol–water partition coefficient (Wildman–Crippen LogP) is 3.49. The van der Waals surface area contributed by atoms with Crippen LogP contribution in [0.15, 0.2) is 35.9 Å². The van der Waals surface area contributed by atoms with Gasteiger partial charge in [0.1, 0.15) is 6.10 Å². The summed E-state index contributed by atoms with van der Waals surface area (Å²) in [6.45, 7) is 3.99. The molecule has 0 radical (unpaired) electrons. The van der Waals surface area contributed by atoms with Crippen LogP contribution in [-0.4, -0.2) is 30.5 Å². The van der Waals surface area contributed by atoms with Crippen LogP contribution in [-0.2, 0) is 9.53 Å². The summed E-state index contributed by atoms with van der Waals surface area (Å²) in [7, 11) is 0. The van der Waals surface area contributed by atoms with Crippen molar-refractivity contribution in [2.75, 3.05) is 19.6 Å². The number of carbonyl (C=O) groups excluding carboxylic acids is 1. The van der Waals surface area contributed by atoms with E-state index < -0.39 is 6.10 Å². The molecule has 116 valence electrons. The maximum absolute atomic E-state index is 11.3. The average molecular weight is 319 g/mol. The second kappa shape index (κ2) is 7.98. The first-order chi connectivity index (χ1) is 10.6. The number of likely N-dealkylation sites (tertiary alicyclic amines) is 1. The number of hydrogen-bond acceptors (Lipinski definition) is 4. The zero-order valence-corrected chi connectivity index (χ0v) is 13.3. The molecule has 1 aliphatic rings. The minimum Gasteiger partial charge on any atom is -0.453 e. The molecule has 0 N–H and O–H groups in total. The Bertz CT molecular complexity index is 584. The summed E-state index contributed by atoms with van der Waals surface area (Å²) in [5.41, 5.74) is 1.41. The molecular formula is C17H19ClN2O2. The van der Waals surface area contributed by atoms with Crippen LogP contribution in [0, 0.1) is 11.3 Å². The minimum absolute atomic E-state index is 0.380. The summed E-state index contributed by atoms with van der Waals surface area (Å²) < 4.78 is 5.35. The first-order valence-corrected chi connectivity index (χ1v) is 7.72. The number of nitriles is 1. The topological polar surface area (TPSA) is 53.3 Å². The van der Waals surface area contributed by atoms with Crippen molar-refractivity contribution in [2.45, 2.75) is 25.9 Å². The van der Waals surface area contributed by atoms with Gasteiger partial charge in [0.15, 0.2) is 0 Å². The Morgan fingerprint density at radius 1 is 1.41 bits per heavy atom. The third-order valence-electron chi connectivity index (χ3n) is 3.58. The molecule has 0 spiro atoms. The van der Waals surface area contributed by atoms with Crippen molar-refractivity contribution in [3.8, 4) is 6.07 Å². The Morgan fingerprint density at radius 3 is 2.59 bits per heavy atom. The fourth-order valence-corrected chi connectivity index (χ4v) is 2.65. The number of benzene rings is 1. The van der Waals surface area contributed by atoms with E-state index in [-0.39, 0.29) is 5.97 Å². The monoisotopic (exact) mass is 318 g/mol. The van der Waals surface area contributed by atoms with E-state index in [1.54, 1.807) is 30.3 Å². The van der Waals surface area contributed by atoms with Crippen molar-refractivity contribution in [3.63, 3.8) is 0 Å². The second-order valence-electron chi connectivity index (χ2n) is 5.37. The van der Waals surface area contributed by atoms with Crippen molar-refractivity contribution in [3.05, 3.63) is 46.5 Å². The lowest BCUT2D eigenvalue weighted by Gasteiger charge is -2.17. The van der Waals surface area contributed by atoms with E-state index >= 15 is 0 Å². The zero-order valence-electron chi connectivity index (χ0n) is 12.6. The van der Waals surface area contributed by atoms with Crippen molar-refractivity contribution in [1.29, 1.82) is 5.26 Å². The van der Waals surface area contributed by atoms with Gasteiger partial charge in [-0.2, -0.15) is 5.26 Å². The fourth-order valence-electron chi connectivity index (χ4n) is 2.52. The van der Waals surface area contributed by atoms with E-state index in [9.17, 15) is 10.1 Å². The maximum Gasteiger partial charge on any atom is 0.303 e. The molecule has 1 aliphatic heterocycles. The van der Waals surface area contributed by atoms with Gasteiger partial charge in [-0.05, 0) is 49.7 Å². The Morgan fingerprint density at radius 2 is 2.05 bits per heavy atom. The molecule has 1 fully saturated rings. The first-order valence-electron chi connectivity index (χ1n) is 7.34. The molecule has 0 aromatic heterocycles. The van der Waals surface area contributed by atoms with E-state index in [1.165, 1.54) is 19.8 Å². The van der Waals surface area contributed by atoms with Gasteiger partial charge in [0.25, 0.3) is 0 Å². The molecule has 1 heterocycles. The molecule has 1 saturated heterocycles. The molecule has 4 nitrogen and oxygen atoms in total. The van der Waals surface area contributed by atoms with Crippen LogP contribution in [0.1, 0.15) is 31.4 Å². The molecule has 1 aromatic carbocycles. The highest BCUT2D eigenvalue weighted by Crippen LogP contribution is 2.23. The Hall–Kier alpha value is -1.83. The van der Waals surface area contributed by atoms with Gasteiger partial charge >= 0.3 is 5.97 Å². The highest BCUT2D eigenvalue weighted by molar-refractivity contribution is 6.30. The largest absolute Gasteiger partial charge is 0.453 e. The smallest absolute Gasteiger partial charge is 0.303 e. The van der Waals surface area contributed by atoms with E-state index in [0.29, 0.717) is 17.1 Å². The van der Waals surface area contributed by atoms with E-state index in [0.717, 1.165) is 18.7 Å². The lowest BCUT2D eigenvalue weighted by molar-refractivity contribution is -0.144. The molecule has 1 unspecified atom stereocenters. The molecule has 0 amide bonds. The Kier molecular flexibility index (Phi) is 6.00. The summed E-state index contributed by atoms with van der Waals surface area (Å²) >= 11 is 5.89. The lowest BCUT2D eigenvalue weighted by Crippen LogP contribution is -2.22. The first kappa shape index (κ1) is 16.5. The Balaban J connectivity index is 2.19. The molecule has 0 aliphatic carbocycles. The van der Waals surface area contributed by atoms with E-state index in [1.807, 2.05) is 0 Å². The number of rotatable bonds is 5. The standard InChI is InChI=1S/C17H19ClN2O2/c1-13(21)22-17(15-4-6-16(18)7-5-15)10-14(11-19)12-20-8-2-3-9-20/h4-7,10,17H,2-3,8-9,12H2,1H3/b14-10+. The maximum atomic E-state index is 11.3. The van der Waals surface area contributed by atoms with Crippen LogP contribution >= 0.6 is 11.6 Å². The predicted molar refractivity (Wildman–Crippen MR) is 85.3 cm³/mol. The summed E-state index contributed by atoms with van der Waals surface area (Å²) in [5, 5.41) is 9.97. The van der Waals surface area contributed by atoms with Gasteiger partial charge in [0, 0.05) is 24.1 Å². The van der Waals surface area contributed by atoms with Crippen LogP contribution < -0.4 is 0 Å². The number of nitrogens with zero attached hydrogens (tertiary/aromatic N) is 2. The van der Waals surface area contributed by atoms with Gasteiger partial charge in [-0.15, -0.1) is 0 Å². The molecule has 5 heteroatoms. The number of hydrogen-bond donors (Lipinski definition) is 0. The molecule has 22 heavy (non-hydrogen) atoms. The summed E-state index contributed by atoms with van der Waals surface area (Å²) in [6.07, 6.45) is 3.50. The van der Waals surface area contributed by atoms with Crippen LogP contribution in [0.5, 0.6) is 0 Å². The number of ether oxygens (including phenoxy) is 1.